The fourth-order valence-electron chi connectivity index (χ4n) is 0.965. The molecule has 0 heterocycles. The predicted octanol–water partition coefficient (Wildman–Crippen LogP) is 2.77. The van der Waals surface area contributed by atoms with Gasteiger partial charge in [0.25, 0.3) is 0 Å². The Bertz CT molecular complexity index is 166. The fourth-order valence-corrected chi connectivity index (χ4v) is 2.40. The van der Waals surface area contributed by atoms with Crippen LogP contribution in [0.25, 0.3) is 0 Å². The Kier molecular flexibility index (Phi) is 5.29. The van der Waals surface area contributed by atoms with E-state index in [9.17, 15) is 0 Å². The minimum atomic E-state index is -1.68. The molecule has 0 radical (unpaired) electrons. The van der Waals surface area contributed by atoms with Crippen molar-refractivity contribution in [3.63, 3.8) is 0 Å². The molecule has 4 heteroatoms. The van der Waals surface area contributed by atoms with Crippen molar-refractivity contribution in [3.05, 3.63) is 0 Å². The van der Waals surface area contributed by atoms with E-state index in [1.807, 2.05) is 0 Å². The van der Waals surface area contributed by atoms with Crippen LogP contribution in [-0.4, -0.2) is 26.2 Å². The molecule has 3 nitrogen and oxygen atoms in total. The Morgan fingerprint density at radius 1 is 1.36 bits per heavy atom. The summed E-state index contributed by atoms with van der Waals surface area (Å²) in [7, 11) is -1.68. The van der Waals surface area contributed by atoms with Crippen molar-refractivity contribution in [1.29, 1.82) is 0 Å². The largest absolute Gasteiger partial charge is 0.413 e. The molecule has 0 amide bonds. The normalized spacial score (nSPS) is 15.6. The molecule has 0 bridgehead atoms. The molecule has 0 aliphatic carbocycles. The van der Waals surface area contributed by atoms with E-state index in [2.05, 4.69) is 46.3 Å². The van der Waals surface area contributed by atoms with Gasteiger partial charge >= 0.3 is 0 Å². The standard InChI is InChI=1S/C10H25NO2Si/c1-7-9(8-11-12)13-14(5,6)10(2,3)4/h9,11-12H,7-8H2,1-6H3. The predicted molar refractivity (Wildman–Crippen MR) is 62.2 cm³/mol. The molecule has 0 fully saturated rings. The lowest BCUT2D eigenvalue weighted by Crippen LogP contribution is -2.46. The van der Waals surface area contributed by atoms with Gasteiger partial charge in [-0.2, -0.15) is 0 Å². The number of hydrogen-bond donors (Lipinski definition) is 2. The first-order valence-corrected chi connectivity index (χ1v) is 8.20. The molecule has 0 aromatic rings. The molecule has 14 heavy (non-hydrogen) atoms. The second-order valence-electron chi connectivity index (χ2n) is 5.27. The molecule has 0 rings (SSSR count). The third-order valence-electron chi connectivity index (χ3n) is 3.04. The maximum Gasteiger partial charge on any atom is 0.192 e. The van der Waals surface area contributed by atoms with E-state index in [0.717, 1.165) is 6.42 Å². The summed E-state index contributed by atoms with van der Waals surface area (Å²) >= 11 is 0. The third kappa shape index (κ3) is 4.08. The molecule has 1 atom stereocenters. The summed E-state index contributed by atoms with van der Waals surface area (Å²) in [6.45, 7) is 13.7. The van der Waals surface area contributed by atoms with Crippen LogP contribution in [0.2, 0.25) is 18.1 Å². The lowest BCUT2D eigenvalue weighted by Gasteiger charge is -2.39. The van der Waals surface area contributed by atoms with E-state index in [0.29, 0.717) is 6.54 Å². The molecule has 0 aliphatic rings. The second kappa shape index (κ2) is 5.26. The van der Waals surface area contributed by atoms with E-state index >= 15 is 0 Å². The van der Waals surface area contributed by atoms with Crippen LogP contribution in [0.4, 0.5) is 0 Å². The van der Waals surface area contributed by atoms with Gasteiger partial charge in [-0.25, -0.2) is 5.48 Å². The van der Waals surface area contributed by atoms with Crippen molar-refractivity contribution >= 4 is 8.32 Å². The molecule has 1 unspecified atom stereocenters. The highest BCUT2D eigenvalue weighted by Crippen LogP contribution is 2.37. The van der Waals surface area contributed by atoms with E-state index in [1.54, 1.807) is 0 Å². The molecule has 0 saturated heterocycles. The van der Waals surface area contributed by atoms with Crippen LogP contribution in [0.5, 0.6) is 0 Å². The monoisotopic (exact) mass is 219 g/mol. The Balaban J connectivity index is 4.32. The Morgan fingerprint density at radius 2 is 1.86 bits per heavy atom. The molecule has 2 N–H and O–H groups in total. The van der Waals surface area contributed by atoms with E-state index in [-0.39, 0.29) is 11.1 Å². The Hall–Kier alpha value is 0.0969. The summed E-state index contributed by atoms with van der Waals surface area (Å²) in [5.41, 5.74) is 2.19. The smallest absolute Gasteiger partial charge is 0.192 e. The quantitative estimate of drug-likeness (QED) is 0.552. The lowest BCUT2D eigenvalue weighted by atomic mass is 10.2. The van der Waals surface area contributed by atoms with Crippen LogP contribution in [0.15, 0.2) is 0 Å². The molecule has 0 saturated carbocycles. The zero-order valence-electron chi connectivity index (χ0n) is 10.3. The highest BCUT2D eigenvalue weighted by Gasteiger charge is 2.38. The van der Waals surface area contributed by atoms with Crippen LogP contribution in [0.3, 0.4) is 0 Å². The first-order chi connectivity index (χ1) is 6.24. The minimum absolute atomic E-state index is 0.126. The van der Waals surface area contributed by atoms with Crippen molar-refractivity contribution in [2.24, 2.45) is 0 Å². The van der Waals surface area contributed by atoms with Crippen molar-refractivity contribution in [2.75, 3.05) is 6.54 Å². The van der Waals surface area contributed by atoms with Gasteiger partial charge in [0.1, 0.15) is 0 Å². The van der Waals surface area contributed by atoms with Crippen molar-refractivity contribution in [2.45, 2.75) is 58.4 Å². The van der Waals surface area contributed by atoms with Gasteiger partial charge in [0.2, 0.25) is 0 Å². The van der Waals surface area contributed by atoms with Crippen molar-refractivity contribution < 1.29 is 9.63 Å². The summed E-state index contributed by atoms with van der Waals surface area (Å²) in [6.07, 6.45) is 1.06. The average Bonchev–Trinajstić information content (AvgIpc) is 2.01. The number of nitrogens with one attached hydrogen (secondary N) is 1. The highest BCUT2D eigenvalue weighted by atomic mass is 28.4. The van der Waals surface area contributed by atoms with E-state index in [1.165, 1.54) is 0 Å². The highest BCUT2D eigenvalue weighted by molar-refractivity contribution is 6.74. The summed E-state index contributed by atoms with van der Waals surface area (Å²) in [5, 5.41) is 8.88. The maximum atomic E-state index is 8.65. The van der Waals surface area contributed by atoms with Gasteiger partial charge in [0.15, 0.2) is 8.32 Å². The Labute approximate surface area is 88.9 Å². The zero-order chi connectivity index (χ0) is 11.4. The number of hydrogen-bond acceptors (Lipinski definition) is 3. The first kappa shape index (κ1) is 14.1. The van der Waals surface area contributed by atoms with Crippen LogP contribution in [0, 0.1) is 0 Å². The molecular formula is C10H25NO2Si. The molecule has 0 aromatic carbocycles. The molecule has 0 aliphatic heterocycles. The van der Waals surface area contributed by atoms with Gasteiger partial charge in [0.05, 0.1) is 6.10 Å². The zero-order valence-corrected chi connectivity index (χ0v) is 11.3. The van der Waals surface area contributed by atoms with Crippen molar-refractivity contribution in [1.82, 2.24) is 5.48 Å². The molecule has 0 spiro atoms. The van der Waals surface area contributed by atoms with Crippen LogP contribution >= 0.6 is 0 Å². The van der Waals surface area contributed by atoms with Crippen LogP contribution in [-0.2, 0) is 4.43 Å². The van der Waals surface area contributed by atoms with E-state index in [4.69, 9.17) is 9.63 Å². The number of rotatable bonds is 5. The second-order valence-corrected chi connectivity index (χ2v) is 10.0. The molecular weight excluding hydrogens is 194 g/mol. The van der Waals surface area contributed by atoms with Gasteiger partial charge in [-0.15, -0.1) is 0 Å². The number of hydroxylamine groups is 1. The van der Waals surface area contributed by atoms with Crippen LogP contribution < -0.4 is 5.48 Å². The van der Waals surface area contributed by atoms with Gasteiger partial charge in [-0.3, -0.25) is 0 Å². The average molecular weight is 219 g/mol. The summed E-state index contributed by atoms with van der Waals surface area (Å²) in [6, 6.07) is 0. The molecule has 0 aromatic heterocycles. The van der Waals surface area contributed by atoms with Crippen LogP contribution in [0.1, 0.15) is 34.1 Å². The Morgan fingerprint density at radius 3 is 2.14 bits per heavy atom. The molecule has 86 valence electrons. The SMILES string of the molecule is CCC(CNO)O[Si](C)(C)C(C)(C)C. The van der Waals surface area contributed by atoms with Gasteiger partial charge < -0.3 is 9.63 Å². The van der Waals surface area contributed by atoms with Crippen molar-refractivity contribution in [3.8, 4) is 0 Å². The third-order valence-corrected chi connectivity index (χ3v) is 7.58. The summed E-state index contributed by atoms with van der Waals surface area (Å²) in [4.78, 5) is 0. The first-order valence-electron chi connectivity index (χ1n) is 5.29. The van der Waals surface area contributed by atoms with Gasteiger partial charge in [-0.05, 0) is 24.6 Å². The fraction of sp³-hybridized carbons (Fsp3) is 1.00. The maximum absolute atomic E-state index is 8.65. The summed E-state index contributed by atoms with van der Waals surface area (Å²) < 4.78 is 6.11. The van der Waals surface area contributed by atoms with E-state index < -0.39 is 8.32 Å². The lowest BCUT2D eigenvalue weighted by molar-refractivity contribution is 0.0951. The topological polar surface area (TPSA) is 41.5 Å². The minimum Gasteiger partial charge on any atom is -0.413 e. The van der Waals surface area contributed by atoms with Gasteiger partial charge in [-0.1, -0.05) is 27.7 Å². The summed E-state index contributed by atoms with van der Waals surface area (Å²) in [5.74, 6) is 0. The van der Waals surface area contributed by atoms with Gasteiger partial charge in [0, 0.05) is 6.54 Å².